The van der Waals surface area contributed by atoms with E-state index in [1.54, 1.807) is 0 Å². The second-order valence-electron chi connectivity index (χ2n) is 4.94. The van der Waals surface area contributed by atoms with Crippen molar-refractivity contribution in [2.75, 3.05) is 19.7 Å². The lowest BCUT2D eigenvalue weighted by Crippen LogP contribution is -2.45. The number of aryl methyl sites for hydroxylation is 1. The van der Waals surface area contributed by atoms with Gasteiger partial charge in [0.1, 0.15) is 5.75 Å². The number of nitrogens with one attached hydrogen (secondary N) is 1. The molecule has 16 heavy (non-hydrogen) atoms. The molecule has 0 saturated carbocycles. The first-order valence-corrected chi connectivity index (χ1v) is 6.38. The third-order valence-electron chi connectivity index (χ3n) is 3.69. The van der Waals surface area contributed by atoms with Gasteiger partial charge in [-0.3, -0.25) is 0 Å². The van der Waals surface area contributed by atoms with Gasteiger partial charge in [-0.15, -0.1) is 0 Å². The largest absolute Gasteiger partial charge is 0.493 e. The molecule has 0 amide bonds. The number of benzene rings is 1. The molecule has 1 heterocycles. The number of hydrogen-bond donors (Lipinski definition) is 1. The van der Waals surface area contributed by atoms with Crippen molar-refractivity contribution in [1.82, 2.24) is 5.32 Å². The molecule has 1 fully saturated rings. The minimum absolute atomic E-state index is 0.722. The van der Waals surface area contributed by atoms with Crippen LogP contribution in [0.2, 0.25) is 0 Å². The molecule has 0 atom stereocenters. The Balaban J connectivity index is 1.72. The van der Waals surface area contributed by atoms with Crippen molar-refractivity contribution in [2.24, 2.45) is 5.92 Å². The summed E-state index contributed by atoms with van der Waals surface area (Å²) < 4.78 is 5.97. The highest BCUT2D eigenvalue weighted by Gasteiger charge is 2.19. The van der Waals surface area contributed by atoms with Gasteiger partial charge < -0.3 is 10.1 Å². The van der Waals surface area contributed by atoms with Crippen LogP contribution in [0.15, 0.2) is 18.2 Å². The molecule has 2 aliphatic rings. The van der Waals surface area contributed by atoms with Crippen molar-refractivity contribution in [3.63, 3.8) is 0 Å². The summed E-state index contributed by atoms with van der Waals surface area (Å²) in [6.45, 7) is 3.12. The molecule has 86 valence electrons. The Labute approximate surface area is 97.0 Å². The summed E-state index contributed by atoms with van der Waals surface area (Å²) >= 11 is 0. The van der Waals surface area contributed by atoms with E-state index in [-0.39, 0.29) is 0 Å². The fourth-order valence-corrected chi connectivity index (χ4v) is 2.56. The van der Waals surface area contributed by atoms with Crippen LogP contribution < -0.4 is 10.1 Å². The average Bonchev–Trinajstić information content (AvgIpc) is 2.27. The van der Waals surface area contributed by atoms with Crippen LogP contribution >= 0.6 is 0 Å². The number of rotatable bonds is 3. The lowest BCUT2D eigenvalue weighted by molar-refractivity contribution is 0.197. The van der Waals surface area contributed by atoms with E-state index in [9.17, 15) is 0 Å². The zero-order valence-electron chi connectivity index (χ0n) is 9.67. The molecule has 0 aromatic heterocycles. The fraction of sp³-hybridized carbons (Fsp3) is 0.571. The van der Waals surface area contributed by atoms with Crippen LogP contribution in [0.25, 0.3) is 0 Å². The molecule has 1 aromatic carbocycles. The molecule has 3 rings (SSSR count). The first-order valence-electron chi connectivity index (χ1n) is 6.38. The molecule has 1 aromatic rings. The summed E-state index contributed by atoms with van der Waals surface area (Å²) in [5.74, 6) is 1.86. The maximum Gasteiger partial charge on any atom is 0.122 e. The quantitative estimate of drug-likeness (QED) is 0.837. The van der Waals surface area contributed by atoms with Gasteiger partial charge >= 0.3 is 0 Å². The number of hydrogen-bond acceptors (Lipinski definition) is 2. The van der Waals surface area contributed by atoms with Gasteiger partial charge in [-0.25, -0.2) is 0 Å². The van der Waals surface area contributed by atoms with E-state index >= 15 is 0 Å². The second kappa shape index (κ2) is 4.46. The Bertz CT molecular complexity index is 371. The van der Waals surface area contributed by atoms with Crippen molar-refractivity contribution in [2.45, 2.75) is 25.7 Å². The molecule has 1 saturated heterocycles. The first-order chi connectivity index (χ1) is 7.93. The van der Waals surface area contributed by atoms with Gasteiger partial charge in [0.05, 0.1) is 6.61 Å². The number of ether oxygens (including phenoxy) is 1. The molecular weight excluding hydrogens is 198 g/mol. The van der Waals surface area contributed by atoms with Gasteiger partial charge in [0.15, 0.2) is 0 Å². The SMILES string of the molecule is c1cc2c(c(OCC3CNC3)c1)CCCC2. The van der Waals surface area contributed by atoms with E-state index in [0.717, 1.165) is 31.4 Å². The molecule has 0 unspecified atom stereocenters. The molecule has 1 aliphatic heterocycles. The fourth-order valence-electron chi connectivity index (χ4n) is 2.56. The summed E-state index contributed by atoms with van der Waals surface area (Å²) in [6.07, 6.45) is 5.09. The first kappa shape index (κ1) is 10.2. The molecular formula is C14H19NO. The van der Waals surface area contributed by atoms with Crippen LogP contribution in [-0.4, -0.2) is 19.7 Å². The van der Waals surface area contributed by atoms with Crippen LogP contribution in [0, 0.1) is 5.92 Å². The zero-order chi connectivity index (χ0) is 10.8. The summed E-state index contributed by atoms with van der Waals surface area (Å²) in [6, 6.07) is 6.53. The predicted molar refractivity (Wildman–Crippen MR) is 64.9 cm³/mol. The molecule has 1 aliphatic carbocycles. The van der Waals surface area contributed by atoms with Crippen LogP contribution in [-0.2, 0) is 12.8 Å². The Morgan fingerprint density at radius 1 is 1.19 bits per heavy atom. The normalized spacial score (nSPS) is 20.0. The predicted octanol–water partition coefficient (Wildman–Crippen LogP) is 2.16. The Hall–Kier alpha value is -1.02. The van der Waals surface area contributed by atoms with E-state index in [1.807, 2.05) is 0 Å². The Morgan fingerprint density at radius 2 is 2.06 bits per heavy atom. The van der Waals surface area contributed by atoms with Crippen molar-refractivity contribution >= 4 is 0 Å². The van der Waals surface area contributed by atoms with Gasteiger partial charge in [-0.2, -0.15) is 0 Å². The van der Waals surface area contributed by atoms with Crippen molar-refractivity contribution < 1.29 is 4.74 Å². The van der Waals surface area contributed by atoms with Crippen LogP contribution in [0.4, 0.5) is 0 Å². The van der Waals surface area contributed by atoms with Crippen molar-refractivity contribution in [3.8, 4) is 5.75 Å². The third kappa shape index (κ3) is 1.94. The summed E-state index contributed by atoms with van der Waals surface area (Å²) in [5.41, 5.74) is 2.98. The standard InChI is InChI=1S/C14H19NO/c1-2-6-13-12(4-1)5-3-7-14(13)16-10-11-8-15-9-11/h3,5,7,11,15H,1-2,4,6,8-10H2. The van der Waals surface area contributed by atoms with Gasteiger partial charge in [-0.05, 0) is 42.9 Å². The summed E-state index contributed by atoms with van der Waals surface area (Å²) in [7, 11) is 0. The van der Waals surface area contributed by atoms with Crippen LogP contribution in [0.1, 0.15) is 24.0 Å². The minimum atomic E-state index is 0.722. The molecule has 0 radical (unpaired) electrons. The molecule has 1 N–H and O–H groups in total. The number of fused-ring (bicyclic) bond motifs is 1. The minimum Gasteiger partial charge on any atom is -0.493 e. The van der Waals surface area contributed by atoms with Gasteiger partial charge in [0, 0.05) is 19.0 Å². The van der Waals surface area contributed by atoms with E-state index < -0.39 is 0 Å². The Morgan fingerprint density at radius 3 is 2.88 bits per heavy atom. The van der Waals surface area contributed by atoms with Crippen molar-refractivity contribution in [1.29, 1.82) is 0 Å². The van der Waals surface area contributed by atoms with Gasteiger partial charge in [-0.1, -0.05) is 12.1 Å². The highest BCUT2D eigenvalue weighted by Crippen LogP contribution is 2.29. The van der Waals surface area contributed by atoms with Crippen LogP contribution in [0.5, 0.6) is 5.75 Å². The van der Waals surface area contributed by atoms with Gasteiger partial charge in [0.25, 0.3) is 0 Å². The maximum absolute atomic E-state index is 5.97. The highest BCUT2D eigenvalue weighted by molar-refractivity contribution is 5.41. The lowest BCUT2D eigenvalue weighted by Gasteiger charge is -2.28. The van der Waals surface area contributed by atoms with E-state index in [0.29, 0.717) is 0 Å². The van der Waals surface area contributed by atoms with Crippen molar-refractivity contribution in [3.05, 3.63) is 29.3 Å². The zero-order valence-corrected chi connectivity index (χ0v) is 9.67. The molecule has 2 heteroatoms. The summed E-state index contributed by atoms with van der Waals surface area (Å²) in [4.78, 5) is 0. The smallest absolute Gasteiger partial charge is 0.122 e. The molecule has 0 spiro atoms. The maximum atomic E-state index is 5.97. The van der Waals surface area contributed by atoms with E-state index in [4.69, 9.17) is 4.74 Å². The average molecular weight is 217 g/mol. The summed E-state index contributed by atoms with van der Waals surface area (Å²) in [5, 5.41) is 3.28. The second-order valence-corrected chi connectivity index (χ2v) is 4.94. The Kier molecular flexibility index (Phi) is 2.83. The third-order valence-corrected chi connectivity index (χ3v) is 3.69. The lowest BCUT2D eigenvalue weighted by atomic mass is 9.91. The monoisotopic (exact) mass is 217 g/mol. The highest BCUT2D eigenvalue weighted by atomic mass is 16.5. The van der Waals surface area contributed by atoms with E-state index in [2.05, 4.69) is 23.5 Å². The molecule has 2 nitrogen and oxygen atoms in total. The van der Waals surface area contributed by atoms with Gasteiger partial charge in [0.2, 0.25) is 0 Å². The van der Waals surface area contributed by atoms with Crippen LogP contribution in [0.3, 0.4) is 0 Å². The topological polar surface area (TPSA) is 21.3 Å². The van der Waals surface area contributed by atoms with E-state index in [1.165, 1.54) is 36.8 Å². The molecule has 0 bridgehead atoms.